The van der Waals surface area contributed by atoms with Crippen LogP contribution in [0.5, 0.6) is 0 Å². The topological polar surface area (TPSA) is 81.2 Å². The van der Waals surface area contributed by atoms with Gasteiger partial charge < -0.3 is 19.6 Å². The molecule has 18 heteroatoms. The zero-order valence-electron chi connectivity index (χ0n) is 68.1. The molecule has 0 saturated carbocycles. The van der Waals surface area contributed by atoms with E-state index >= 15 is 19.2 Å². The summed E-state index contributed by atoms with van der Waals surface area (Å²) in [4.78, 5) is 82.2. The van der Waals surface area contributed by atoms with E-state index in [9.17, 15) is 0 Å². The first-order valence-electron chi connectivity index (χ1n) is 42.9. The number of rotatable bonds is 48. The number of fused-ring (bicyclic) bond motifs is 4. The van der Waals surface area contributed by atoms with Gasteiger partial charge in [0.25, 0.3) is 23.6 Å². The lowest BCUT2D eigenvalue weighted by atomic mass is 9.98. The van der Waals surface area contributed by atoms with Gasteiger partial charge in [-0.05, 0) is 157 Å². The average Bonchev–Trinajstić information content (AvgIpc) is 1.56. The van der Waals surface area contributed by atoms with E-state index in [1.165, 1.54) is 136 Å². The van der Waals surface area contributed by atoms with Crippen LogP contribution in [-0.2, 0) is 19.2 Å². The largest absolute Gasteiger partial charge is 0.306 e. The summed E-state index contributed by atoms with van der Waals surface area (Å²) < 4.78 is 5.22. The number of amides is 4. The van der Waals surface area contributed by atoms with Crippen LogP contribution in [0.2, 0.25) is 0 Å². The summed E-state index contributed by atoms with van der Waals surface area (Å²) >= 11 is 18.4. The highest BCUT2D eigenvalue weighted by Crippen LogP contribution is 2.58. The molecule has 8 aromatic heterocycles. The first-order chi connectivity index (χ1) is 54.8. The third-order valence-corrected chi connectivity index (χ3v) is 35.0. The summed E-state index contributed by atoms with van der Waals surface area (Å²) in [6.07, 6.45) is 32.1. The van der Waals surface area contributed by atoms with Crippen molar-refractivity contribution in [3.63, 3.8) is 0 Å². The van der Waals surface area contributed by atoms with E-state index in [4.69, 9.17) is 0 Å². The molecule has 8 nitrogen and oxygen atoms in total. The van der Waals surface area contributed by atoms with Crippen molar-refractivity contribution in [1.82, 2.24) is 19.6 Å². The zero-order chi connectivity index (χ0) is 78.4. The van der Waals surface area contributed by atoms with Gasteiger partial charge in [-0.3, -0.25) is 19.2 Å². The van der Waals surface area contributed by atoms with E-state index in [1.54, 1.807) is 45.3 Å². The lowest BCUT2D eigenvalue weighted by Crippen LogP contribution is -2.34. The number of carbonyl (C=O) groups is 4. The zero-order valence-corrected chi connectivity index (χ0v) is 76.3. The van der Waals surface area contributed by atoms with Crippen molar-refractivity contribution in [1.29, 1.82) is 0 Å². The Bertz CT molecular complexity index is 4460. The lowest BCUT2D eigenvalue weighted by molar-refractivity contribution is -0.124. The van der Waals surface area contributed by atoms with E-state index in [0.29, 0.717) is 72.1 Å². The summed E-state index contributed by atoms with van der Waals surface area (Å²) in [6.45, 7) is 24.9. The Hall–Kier alpha value is -5.12. The van der Waals surface area contributed by atoms with E-state index < -0.39 is 0 Å². The normalized spacial score (nSPS) is 15.9. The molecule has 0 bridgehead atoms. The minimum atomic E-state index is -0.0363. The number of thiophene rings is 8. The smallest absolute Gasteiger partial charge is 0.261 e. The summed E-state index contributed by atoms with van der Waals surface area (Å²) in [5.74, 6) is 3.28. The van der Waals surface area contributed by atoms with Crippen molar-refractivity contribution >= 4 is 181 Å². The monoisotopic (exact) mass is 1690 g/mol. The fourth-order valence-corrected chi connectivity index (χ4v) is 27.9. The van der Waals surface area contributed by atoms with Crippen molar-refractivity contribution < 1.29 is 19.2 Å². The average molecular weight is 1690 g/mol. The molecule has 112 heavy (non-hydrogen) atoms. The van der Waals surface area contributed by atoms with E-state index in [1.807, 2.05) is 88.5 Å². The summed E-state index contributed by atoms with van der Waals surface area (Å²) in [5.41, 5.74) is 8.05. The quantitative estimate of drug-likeness (QED) is 0.0279. The minimum absolute atomic E-state index is 0.0363. The second kappa shape index (κ2) is 40.8. The van der Waals surface area contributed by atoms with Gasteiger partial charge in [0.15, 0.2) is 0 Å². The molecule has 1 aromatic carbocycles. The van der Waals surface area contributed by atoms with E-state index in [-0.39, 0.29) is 23.6 Å². The number of hydrogen-bond acceptors (Lipinski definition) is 14. The van der Waals surface area contributed by atoms with Crippen LogP contribution in [0.1, 0.15) is 269 Å². The van der Waals surface area contributed by atoms with Crippen LogP contribution in [0.25, 0.3) is 83.4 Å². The van der Waals surface area contributed by atoms with Gasteiger partial charge in [0.1, 0.15) is 0 Å². The second-order valence-corrected chi connectivity index (χ2v) is 42.6. The minimum Gasteiger partial charge on any atom is -0.306 e. The maximum Gasteiger partial charge on any atom is 0.261 e. The van der Waals surface area contributed by atoms with Crippen LogP contribution in [0.15, 0.2) is 126 Å². The molecular formula is C94H118N4O4S10. The van der Waals surface area contributed by atoms with Crippen molar-refractivity contribution in [3.05, 3.63) is 137 Å². The maximum atomic E-state index is 15.8. The Morgan fingerprint density at radius 2 is 0.607 bits per heavy atom. The summed E-state index contributed by atoms with van der Waals surface area (Å²) in [5, 5.41) is 6.65. The third kappa shape index (κ3) is 18.6. The van der Waals surface area contributed by atoms with Gasteiger partial charge in [0, 0.05) is 86.7 Å². The Morgan fingerprint density at radius 3 is 0.920 bits per heavy atom. The number of nitrogens with zero attached hydrogens (tertiary/aromatic N) is 4. The molecule has 13 rings (SSSR count). The maximum absolute atomic E-state index is 15.8. The van der Waals surface area contributed by atoms with Crippen LogP contribution in [0.3, 0.4) is 0 Å². The molecule has 0 fully saturated rings. The van der Waals surface area contributed by atoms with Gasteiger partial charge in [-0.1, -0.05) is 223 Å². The molecule has 9 aromatic rings. The third-order valence-electron chi connectivity index (χ3n) is 23.6. The first-order valence-corrected chi connectivity index (χ1v) is 51.5. The highest BCUT2D eigenvalue weighted by Gasteiger charge is 2.52. The molecule has 12 heterocycles. The fraction of sp³-hybridized carbons (Fsp3) is 0.511. The molecule has 0 N–H and O–H groups in total. The number of benzene rings is 1. The Labute approximate surface area is 709 Å². The molecule has 0 radical (unpaired) electrons. The molecule has 4 aliphatic heterocycles. The second-order valence-electron chi connectivity index (χ2n) is 31.4. The molecule has 4 atom stereocenters. The van der Waals surface area contributed by atoms with Crippen LogP contribution in [-0.4, -0.2) is 80.9 Å². The van der Waals surface area contributed by atoms with Crippen molar-refractivity contribution in [2.75, 3.05) is 37.7 Å². The molecule has 4 unspecified atom stereocenters. The van der Waals surface area contributed by atoms with E-state index in [2.05, 4.69) is 165 Å². The standard InChI is InChI=1S/C94H118N4O4S10/c1-11-21-27-29-31-33-51-105-77-49-47-69(109-77)79-65-55-75(67-43-45-73(107-67)87-83-81(91(99)97(87)59-63(19-9)39-25-15-5)85(71-41-35-53-103-71)95(93(83)101)57-61(17-7)37-23-13-3)112-90(65)80(70-48-50-78(110-70)106-52-34-32-30-28-22-12-2)66-56-76(111-89(66)79)68-44-46-74(108-68)88-84-82(92(100)98(88)60-64(20-10)40-26-16-6)86(72-42-36-54-104-72)96(94(84)102)58-62(18-8)38-24-14-4/h35-36,41-50,53-56,61-64H,11-34,37-40,51-52,57-60H2,1-10H3. The Morgan fingerprint density at radius 1 is 0.304 bits per heavy atom. The van der Waals surface area contributed by atoms with Crippen LogP contribution in [0.4, 0.5) is 0 Å². The SMILES string of the molecule is CCCCCCCCSc1ccc(-c2c3cc(-c4ccc(C5=C6C(=O)N(CC(CC)CCCC)C(c7cccs7)=C6C(=O)N5CC(CC)CCCC)s4)sc3c(-c3ccc(SCCCCCCCC)s3)c3cc(-c4ccc(C5=C6C(=O)N(CC(CC)CCCC)C(c7cccs7)=C6C(=O)N5CC(CC)CCCC)s4)sc23)s1. The Balaban J connectivity index is 0.976. The molecule has 598 valence electrons. The first kappa shape index (κ1) is 84.8. The highest BCUT2D eigenvalue weighted by molar-refractivity contribution is 8.01. The Kier molecular flexibility index (Phi) is 30.9. The predicted octanol–water partition coefficient (Wildman–Crippen LogP) is 30.5. The van der Waals surface area contributed by atoms with Crippen LogP contribution >= 0.6 is 114 Å². The molecule has 4 aliphatic rings. The molecule has 0 spiro atoms. The van der Waals surface area contributed by atoms with Crippen molar-refractivity contribution in [3.8, 4) is 40.4 Å². The lowest BCUT2D eigenvalue weighted by Gasteiger charge is -2.29. The number of unbranched alkanes of at least 4 members (excludes halogenated alkanes) is 14. The van der Waals surface area contributed by atoms with Crippen LogP contribution < -0.4 is 0 Å². The predicted molar refractivity (Wildman–Crippen MR) is 495 cm³/mol. The van der Waals surface area contributed by atoms with Gasteiger partial charge >= 0.3 is 0 Å². The molecule has 0 saturated heterocycles. The highest BCUT2D eigenvalue weighted by atomic mass is 32.2. The van der Waals surface area contributed by atoms with Crippen molar-refractivity contribution in [2.45, 2.75) is 257 Å². The number of carbonyl (C=O) groups excluding carboxylic acids is 4. The number of hydrogen-bond donors (Lipinski definition) is 0. The van der Waals surface area contributed by atoms with Gasteiger partial charge in [0.05, 0.1) is 73.0 Å². The van der Waals surface area contributed by atoms with Gasteiger partial charge in [0.2, 0.25) is 0 Å². The summed E-state index contributed by atoms with van der Waals surface area (Å²) in [7, 11) is 0. The van der Waals surface area contributed by atoms with Gasteiger partial charge in [-0.2, -0.15) is 0 Å². The van der Waals surface area contributed by atoms with Gasteiger partial charge in [-0.15, -0.1) is 114 Å². The molecular weight excluding hydrogens is 1570 g/mol. The van der Waals surface area contributed by atoms with Crippen molar-refractivity contribution in [2.24, 2.45) is 23.7 Å². The van der Waals surface area contributed by atoms with Crippen LogP contribution in [0, 0.1) is 23.7 Å². The number of thioether (sulfide) groups is 2. The molecule has 0 aliphatic carbocycles. The van der Waals surface area contributed by atoms with E-state index in [0.717, 1.165) is 166 Å². The summed E-state index contributed by atoms with van der Waals surface area (Å²) in [6, 6.07) is 31.9. The molecule has 4 amide bonds. The fourth-order valence-electron chi connectivity index (χ4n) is 16.9. The van der Waals surface area contributed by atoms with Gasteiger partial charge in [-0.25, -0.2) is 0 Å².